The summed E-state index contributed by atoms with van der Waals surface area (Å²) in [6.45, 7) is 6.85. The van der Waals surface area contributed by atoms with Crippen LogP contribution in [0.4, 0.5) is 0 Å². The molecule has 1 fully saturated rings. The van der Waals surface area contributed by atoms with E-state index in [0.717, 1.165) is 19.1 Å². The van der Waals surface area contributed by atoms with E-state index < -0.39 is 0 Å². The fourth-order valence-corrected chi connectivity index (χ4v) is 4.50. The molecule has 1 aliphatic heterocycles. The van der Waals surface area contributed by atoms with Gasteiger partial charge in [0.15, 0.2) is 0 Å². The molecule has 0 aromatic carbocycles. The van der Waals surface area contributed by atoms with Crippen LogP contribution in [0.5, 0.6) is 0 Å². The molecule has 1 unspecified atom stereocenters. The molecule has 0 spiro atoms. The molecular formula is C12H18Br2N2S. The number of hydrogen-bond acceptors (Lipinski definition) is 3. The monoisotopic (exact) mass is 380 g/mol. The molecular weight excluding hydrogens is 364 g/mol. The molecule has 1 N–H and O–H groups in total. The SMILES string of the molecule is CCCN(Cc1cc(Br)c(Br)s1)C1CCNC1. The second-order valence-corrected chi connectivity index (χ2v) is 7.76. The Bertz CT molecular complexity index is 342. The normalized spacial score (nSPS) is 20.4. The Morgan fingerprint density at radius 2 is 2.35 bits per heavy atom. The minimum absolute atomic E-state index is 0.717. The van der Waals surface area contributed by atoms with Crippen LogP contribution in [-0.4, -0.2) is 30.6 Å². The second kappa shape index (κ2) is 6.66. The molecule has 2 heterocycles. The highest BCUT2D eigenvalue weighted by molar-refractivity contribution is 9.13. The van der Waals surface area contributed by atoms with Gasteiger partial charge in [-0.1, -0.05) is 6.92 Å². The highest BCUT2D eigenvalue weighted by atomic mass is 79.9. The van der Waals surface area contributed by atoms with Crippen LogP contribution in [-0.2, 0) is 6.54 Å². The van der Waals surface area contributed by atoms with Gasteiger partial charge in [-0.25, -0.2) is 0 Å². The minimum Gasteiger partial charge on any atom is -0.315 e. The van der Waals surface area contributed by atoms with E-state index in [9.17, 15) is 0 Å². The van der Waals surface area contributed by atoms with Crippen molar-refractivity contribution in [3.05, 3.63) is 19.2 Å². The third-order valence-corrected chi connectivity index (χ3v) is 6.36. The van der Waals surface area contributed by atoms with Gasteiger partial charge in [0.2, 0.25) is 0 Å². The molecule has 2 nitrogen and oxygen atoms in total. The first-order chi connectivity index (χ1) is 8.20. The maximum atomic E-state index is 3.57. The molecule has 1 atom stereocenters. The van der Waals surface area contributed by atoms with Gasteiger partial charge in [0.25, 0.3) is 0 Å². The van der Waals surface area contributed by atoms with E-state index in [4.69, 9.17) is 0 Å². The molecule has 5 heteroatoms. The van der Waals surface area contributed by atoms with Crippen LogP contribution in [0.1, 0.15) is 24.6 Å². The predicted molar refractivity (Wildman–Crippen MR) is 81.7 cm³/mol. The van der Waals surface area contributed by atoms with Crippen LogP contribution < -0.4 is 5.32 Å². The number of nitrogens with one attached hydrogen (secondary N) is 1. The van der Waals surface area contributed by atoms with Crippen molar-refractivity contribution in [1.82, 2.24) is 10.2 Å². The minimum atomic E-state index is 0.717. The molecule has 2 rings (SSSR count). The molecule has 1 saturated heterocycles. The van der Waals surface area contributed by atoms with Crippen LogP contribution in [0.3, 0.4) is 0 Å². The number of halogens is 2. The topological polar surface area (TPSA) is 15.3 Å². The van der Waals surface area contributed by atoms with Crippen LogP contribution in [0.2, 0.25) is 0 Å². The van der Waals surface area contributed by atoms with Gasteiger partial charge in [0.1, 0.15) is 0 Å². The van der Waals surface area contributed by atoms with E-state index in [2.05, 4.69) is 55.1 Å². The number of nitrogens with zero attached hydrogens (tertiary/aromatic N) is 1. The lowest BCUT2D eigenvalue weighted by molar-refractivity contribution is 0.201. The Morgan fingerprint density at radius 3 is 2.88 bits per heavy atom. The average Bonchev–Trinajstić information content (AvgIpc) is 2.89. The summed E-state index contributed by atoms with van der Waals surface area (Å²) in [5, 5.41) is 3.46. The summed E-state index contributed by atoms with van der Waals surface area (Å²) in [7, 11) is 0. The first kappa shape index (κ1) is 14.0. The standard InChI is InChI=1S/C12H18Br2N2S/c1-2-5-16(9-3-4-15-7-9)8-10-6-11(13)12(14)17-10/h6,9,15H,2-5,7-8H2,1H3. The number of rotatable bonds is 5. The molecule has 0 radical (unpaired) electrons. The fourth-order valence-electron chi connectivity index (χ4n) is 2.30. The lowest BCUT2D eigenvalue weighted by atomic mass is 10.2. The van der Waals surface area contributed by atoms with Crippen LogP contribution in [0.15, 0.2) is 14.3 Å². The number of thiophene rings is 1. The Kier molecular flexibility index (Phi) is 5.49. The van der Waals surface area contributed by atoms with Gasteiger partial charge >= 0.3 is 0 Å². The highest BCUT2D eigenvalue weighted by Gasteiger charge is 2.22. The van der Waals surface area contributed by atoms with Crippen molar-refractivity contribution in [3.8, 4) is 0 Å². The quantitative estimate of drug-likeness (QED) is 0.833. The molecule has 96 valence electrons. The summed E-state index contributed by atoms with van der Waals surface area (Å²) < 4.78 is 2.38. The number of hydrogen-bond donors (Lipinski definition) is 1. The van der Waals surface area contributed by atoms with Gasteiger partial charge in [-0.3, -0.25) is 4.90 Å². The molecule has 0 amide bonds. The predicted octanol–water partition coefficient (Wildman–Crippen LogP) is 3.85. The zero-order valence-corrected chi connectivity index (χ0v) is 14.0. The summed E-state index contributed by atoms with van der Waals surface area (Å²) in [4.78, 5) is 4.05. The highest BCUT2D eigenvalue weighted by Crippen LogP contribution is 2.33. The van der Waals surface area contributed by atoms with E-state index in [-0.39, 0.29) is 0 Å². The van der Waals surface area contributed by atoms with Crippen molar-refractivity contribution in [2.24, 2.45) is 0 Å². The Hall–Kier alpha value is 0.580. The Morgan fingerprint density at radius 1 is 1.53 bits per heavy atom. The van der Waals surface area contributed by atoms with Gasteiger partial charge in [0.05, 0.1) is 3.79 Å². The Labute approximate surface area is 124 Å². The van der Waals surface area contributed by atoms with Gasteiger partial charge in [-0.05, 0) is 63.9 Å². The third kappa shape index (κ3) is 3.77. The summed E-state index contributed by atoms with van der Waals surface area (Å²) in [5.41, 5.74) is 0. The maximum absolute atomic E-state index is 3.57. The average molecular weight is 382 g/mol. The van der Waals surface area contributed by atoms with Gasteiger partial charge in [-0.15, -0.1) is 11.3 Å². The molecule has 17 heavy (non-hydrogen) atoms. The lowest BCUT2D eigenvalue weighted by Crippen LogP contribution is -2.36. The van der Waals surface area contributed by atoms with Crippen molar-refractivity contribution in [2.75, 3.05) is 19.6 Å². The van der Waals surface area contributed by atoms with E-state index in [1.807, 2.05) is 11.3 Å². The molecule has 1 aromatic heterocycles. The second-order valence-electron chi connectivity index (χ2n) is 4.45. The third-order valence-electron chi connectivity index (χ3n) is 3.12. The molecule has 0 saturated carbocycles. The maximum Gasteiger partial charge on any atom is 0.0843 e. The molecule has 0 bridgehead atoms. The van der Waals surface area contributed by atoms with Gasteiger partial charge in [0, 0.05) is 28.5 Å². The smallest absolute Gasteiger partial charge is 0.0843 e. The van der Waals surface area contributed by atoms with E-state index in [1.54, 1.807) is 0 Å². The first-order valence-corrected chi connectivity index (χ1v) is 8.49. The van der Waals surface area contributed by atoms with Crippen LogP contribution in [0.25, 0.3) is 0 Å². The van der Waals surface area contributed by atoms with Gasteiger partial charge in [-0.2, -0.15) is 0 Å². The summed E-state index contributed by atoms with van der Waals surface area (Å²) >= 11 is 8.97. The largest absolute Gasteiger partial charge is 0.315 e. The zero-order chi connectivity index (χ0) is 12.3. The van der Waals surface area contributed by atoms with Crippen LogP contribution >= 0.6 is 43.2 Å². The zero-order valence-electron chi connectivity index (χ0n) is 10.0. The molecule has 0 aliphatic carbocycles. The van der Waals surface area contributed by atoms with Gasteiger partial charge < -0.3 is 5.32 Å². The first-order valence-electron chi connectivity index (χ1n) is 6.09. The van der Waals surface area contributed by atoms with Crippen LogP contribution in [0, 0.1) is 0 Å². The fraction of sp³-hybridized carbons (Fsp3) is 0.667. The van der Waals surface area contributed by atoms with E-state index in [0.29, 0.717) is 0 Å². The summed E-state index contributed by atoms with van der Waals surface area (Å²) in [6.07, 6.45) is 2.51. The molecule has 1 aliphatic rings. The van der Waals surface area contributed by atoms with Crippen molar-refractivity contribution < 1.29 is 0 Å². The van der Waals surface area contributed by atoms with Crippen molar-refractivity contribution in [1.29, 1.82) is 0 Å². The van der Waals surface area contributed by atoms with E-state index >= 15 is 0 Å². The van der Waals surface area contributed by atoms with Crippen molar-refractivity contribution in [3.63, 3.8) is 0 Å². The van der Waals surface area contributed by atoms with Crippen molar-refractivity contribution >= 4 is 43.2 Å². The molecule has 1 aromatic rings. The summed E-state index contributed by atoms with van der Waals surface area (Å²) in [6, 6.07) is 2.95. The Balaban J connectivity index is 2.01. The van der Waals surface area contributed by atoms with Crippen molar-refractivity contribution in [2.45, 2.75) is 32.4 Å². The lowest BCUT2D eigenvalue weighted by Gasteiger charge is -2.27. The van der Waals surface area contributed by atoms with E-state index in [1.165, 1.54) is 39.1 Å². The summed E-state index contributed by atoms with van der Waals surface area (Å²) in [5.74, 6) is 0.